The summed E-state index contributed by atoms with van der Waals surface area (Å²) in [5, 5.41) is 21.2. The summed E-state index contributed by atoms with van der Waals surface area (Å²) in [7, 11) is 2.68. The third kappa shape index (κ3) is 3.45. The van der Waals surface area contributed by atoms with Crippen molar-refractivity contribution < 1.29 is 33.9 Å². The Morgan fingerprint density at radius 2 is 1.71 bits per heavy atom. The lowest BCUT2D eigenvalue weighted by Crippen LogP contribution is -2.60. The van der Waals surface area contributed by atoms with E-state index in [0.717, 1.165) is 9.80 Å². The fourth-order valence-corrected chi connectivity index (χ4v) is 8.02. The van der Waals surface area contributed by atoms with E-state index in [0.29, 0.717) is 11.1 Å². The van der Waals surface area contributed by atoms with Crippen LogP contribution in [0.3, 0.4) is 0 Å². The van der Waals surface area contributed by atoms with E-state index in [1.807, 2.05) is 0 Å². The number of phenolic OH excluding ortho intramolecular Hbond substituents is 1. The van der Waals surface area contributed by atoms with Gasteiger partial charge in [-0.1, -0.05) is 17.7 Å². The third-order valence-electron chi connectivity index (χ3n) is 8.86. The molecule has 2 aliphatic heterocycles. The Labute approximate surface area is 243 Å². The van der Waals surface area contributed by atoms with Crippen LogP contribution in [0.25, 0.3) is 0 Å². The molecule has 212 valence electrons. The largest absolute Gasteiger partial charge is 0.508 e. The molecule has 0 spiro atoms. The Morgan fingerprint density at radius 1 is 1.02 bits per heavy atom. The molecule has 13 heteroatoms. The van der Waals surface area contributed by atoms with Crippen molar-refractivity contribution in [2.75, 3.05) is 19.1 Å². The van der Waals surface area contributed by atoms with Crippen LogP contribution in [-0.4, -0.2) is 62.5 Å². The predicted octanol–water partition coefficient (Wildman–Crippen LogP) is 3.50. The van der Waals surface area contributed by atoms with Gasteiger partial charge in [-0.05, 0) is 37.0 Å². The molecule has 2 saturated heterocycles. The maximum absolute atomic E-state index is 14.0. The molecular weight excluding hydrogens is 577 g/mol. The number of carbonyl (C=O) groups is 4. The van der Waals surface area contributed by atoms with Crippen molar-refractivity contribution in [3.63, 3.8) is 0 Å². The summed E-state index contributed by atoms with van der Waals surface area (Å²) >= 11 is 14.3. The van der Waals surface area contributed by atoms with Crippen LogP contribution in [0.5, 0.6) is 11.5 Å². The Balaban J connectivity index is 1.50. The number of nitro groups is 1. The molecule has 0 aromatic heterocycles. The van der Waals surface area contributed by atoms with Crippen LogP contribution >= 0.6 is 23.2 Å². The molecule has 6 atom stereocenters. The number of anilines is 1. The zero-order chi connectivity index (χ0) is 29.6. The number of ether oxygens (including phenoxy) is 1. The van der Waals surface area contributed by atoms with E-state index >= 15 is 0 Å². The summed E-state index contributed by atoms with van der Waals surface area (Å²) in [5.74, 6) is -5.80. The first-order chi connectivity index (χ1) is 19.4. The minimum Gasteiger partial charge on any atom is -0.508 e. The highest BCUT2D eigenvalue weighted by molar-refractivity contribution is 6.53. The van der Waals surface area contributed by atoms with Gasteiger partial charge in [0, 0.05) is 36.7 Å². The fraction of sp³-hybridized carbons (Fsp3) is 0.357. The molecule has 3 fully saturated rings. The number of hydrogen-bond donors (Lipinski definition) is 1. The number of aromatic hydroxyl groups is 1. The average Bonchev–Trinajstić information content (AvgIpc) is 3.28. The summed E-state index contributed by atoms with van der Waals surface area (Å²) in [5.41, 5.74) is 0.960. The van der Waals surface area contributed by atoms with Gasteiger partial charge in [0.1, 0.15) is 11.5 Å². The molecule has 0 radical (unpaired) electrons. The Bertz CT molecular complexity index is 1590. The molecule has 1 N–H and O–H groups in total. The molecule has 2 aromatic rings. The highest BCUT2D eigenvalue weighted by Crippen LogP contribution is 2.66. The second-order valence-corrected chi connectivity index (χ2v) is 12.0. The number of nitrogens with zero attached hydrogens (tertiary/aromatic N) is 3. The molecule has 11 nitrogen and oxygen atoms in total. The van der Waals surface area contributed by atoms with E-state index in [1.165, 1.54) is 56.6 Å². The lowest BCUT2D eigenvalue weighted by molar-refractivity contribution is -0.384. The first kappa shape index (κ1) is 27.2. The topological polar surface area (TPSA) is 147 Å². The number of benzene rings is 2. The third-order valence-corrected chi connectivity index (χ3v) is 10.3. The number of fused-ring (bicyclic) bond motifs is 4. The van der Waals surface area contributed by atoms with Crippen molar-refractivity contribution in [2.24, 2.45) is 17.8 Å². The molecule has 4 aliphatic rings. The molecule has 2 aromatic carbocycles. The zero-order valence-corrected chi connectivity index (χ0v) is 23.3. The number of imide groups is 2. The van der Waals surface area contributed by atoms with Crippen molar-refractivity contribution in [2.45, 2.75) is 28.5 Å². The molecule has 0 bridgehead atoms. The minimum atomic E-state index is -1.98. The second kappa shape index (κ2) is 9.02. The number of alkyl halides is 2. The van der Waals surface area contributed by atoms with Gasteiger partial charge in [0.15, 0.2) is 9.75 Å². The van der Waals surface area contributed by atoms with Gasteiger partial charge in [-0.15, -0.1) is 23.2 Å². The number of non-ortho nitro benzene ring substituents is 1. The minimum absolute atomic E-state index is 0.0994. The molecule has 6 rings (SSSR count). The van der Waals surface area contributed by atoms with Gasteiger partial charge < -0.3 is 9.84 Å². The fourth-order valence-electron chi connectivity index (χ4n) is 7.01. The van der Waals surface area contributed by atoms with Crippen LogP contribution in [0.4, 0.5) is 11.4 Å². The van der Waals surface area contributed by atoms with Crippen molar-refractivity contribution >= 4 is 58.2 Å². The number of phenols is 1. The summed E-state index contributed by atoms with van der Waals surface area (Å²) < 4.78 is 5.52. The number of likely N-dealkylation sites (tertiary alicyclic amines) is 1. The Morgan fingerprint density at radius 3 is 2.34 bits per heavy atom. The van der Waals surface area contributed by atoms with Crippen molar-refractivity contribution in [1.82, 2.24) is 4.90 Å². The maximum Gasteiger partial charge on any atom is 0.269 e. The van der Waals surface area contributed by atoms with E-state index in [4.69, 9.17) is 27.9 Å². The number of carbonyl (C=O) groups excluding carboxylic acids is 4. The summed E-state index contributed by atoms with van der Waals surface area (Å²) in [6.45, 7) is 0. The summed E-state index contributed by atoms with van der Waals surface area (Å²) in [4.78, 5) is 63.2. The Kier molecular flexibility index (Phi) is 5.99. The summed E-state index contributed by atoms with van der Waals surface area (Å²) in [6, 6.07) is 9.39. The molecule has 2 aliphatic carbocycles. The average molecular weight is 600 g/mol. The van der Waals surface area contributed by atoms with Gasteiger partial charge in [-0.3, -0.25) is 39.1 Å². The normalized spacial score (nSPS) is 32.4. The van der Waals surface area contributed by atoms with Gasteiger partial charge in [0.25, 0.3) is 17.5 Å². The zero-order valence-electron chi connectivity index (χ0n) is 21.7. The van der Waals surface area contributed by atoms with Crippen molar-refractivity contribution in [1.29, 1.82) is 0 Å². The summed E-state index contributed by atoms with van der Waals surface area (Å²) in [6.07, 6.45) is 1.76. The van der Waals surface area contributed by atoms with Gasteiger partial charge in [0.2, 0.25) is 11.8 Å². The van der Waals surface area contributed by atoms with Crippen LogP contribution < -0.4 is 9.64 Å². The number of rotatable bonds is 4. The molecule has 4 amide bonds. The van der Waals surface area contributed by atoms with Crippen LogP contribution in [0, 0.1) is 27.9 Å². The number of methoxy groups -OCH3 is 1. The first-order valence-corrected chi connectivity index (χ1v) is 13.5. The van der Waals surface area contributed by atoms with E-state index in [1.54, 1.807) is 6.08 Å². The number of halogens is 2. The molecule has 41 heavy (non-hydrogen) atoms. The molecular formula is C28H23Cl2N3O8. The van der Waals surface area contributed by atoms with E-state index in [-0.39, 0.29) is 35.7 Å². The lowest BCUT2D eigenvalue weighted by atomic mass is 9.56. The second-order valence-electron chi connectivity index (χ2n) is 10.7. The van der Waals surface area contributed by atoms with E-state index < -0.39 is 62.0 Å². The standard InChI is InChI=1S/C28H23Cl2N3O8/c1-31-25(37)27(29)12-19-16(22(28(27,30)26(31)38)17-8-7-15(34)11-20(17)41-2)9-10-18-21(19)24(36)32(23(18)35)13-3-5-14(6-4-13)33(39)40/h3-9,11,18-19,21-22,34H,10,12H2,1-2H3. The molecule has 2 heterocycles. The quantitative estimate of drug-likeness (QED) is 0.184. The first-order valence-electron chi connectivity index (χ1n) is 12.8. The number of amides is 4. The SMILES string of the molecule is COc1cc(O)ccc1C1C2=CCC3C(=O)N(c4ccc([N+](=O)[O-])cc4)C(=O)C3C2CC2(Cl)C(=O)N(C)C(=O)C12Cl. The van der Waals surface area contributed by atoms with E-state index in [2.05, 4.69) is 0 Å². The van der Waals surface area contributed by atoms with Gasteiger partial charge in [-0.2, -0.15) is 0 Å². The predicted molar refractivity (Wildman–Crippen MR) is 146 cm³/mol. The number of hydrogen-bond acceptors (Lipinski definition) is 8. The molecule has 1 saturated carbocycles. The van der Waals surface area contributed by atoms with E-state index in [9.17, 15) is 34.4 Å². The molecule has 6 unspecified atom stereocenters. The Hall–Kier alpha value is -3.96. The van der Waals surface area contributed by atoms with Gasteiger partial charge in [0.05, 0.1) is 29.6 Å². The maximum atomic E-state index is 14.0. The number of allylic oxidation sites excluding steroid dienone is 2. The van der Waals surface area contributed by atoms with Crippen LogP contribution in [0.1, 0.15) is 24.3 Å². The van der Waals surface area contributed by atoms with Gasteiger partial charge >= 0.3 is 0 Å². The van der Waals surface area contributed by atoms with Crippen molar-refractivity contribution in [3.8, 4) is 11.5 Å². The van der Waals surface area contributed by atoms with Gasteiger partial charge in [-0.25, -0.2) is 0 Å². The smallest absolute Gasteiger partial charge is 0.269 e. The lowest BCUT2D eigenvalue weighted by Gasteiger charge is -2.51. The van der Waals surface area contributed by atoms with Crippen molar-refractivity contribution in [3.05, 3.63) is 69.8 Å². The highest BCUT2D eigenvalue weighted by Gasteiger charge is 2.76. The van der Waals surface area contributed by atoms with Crippen LogP contribution in [-0.2, 0) is 19.2 Å². The highest BCUT2D eigenvalue weighted by atomic mass is 35.5. The number of nitro benzene ring substituents is 1. The van der Waals surface area contributed by atoms with Crippen LogP contribution in [0.15, 0.2) is 54.1 Å². The monoisotopic (exact) mass is 599 g/mol. The van der Waals surface area contributed by atoms with Crippen LogP contribution in [0.2, 0.25) is 0 Å².